The molecule has 0 spiro atoms. The first-order valence-corrected chi connectivity index (χ1v) is 6.83. The van der Waals surface area contributed by atoms with E-state index in [4.69, 9.17) is 11.6 Å². The number of hydrogen-bond donors (Lipinski definition) is 0. The lowest BCUT2D eigenvalue weighted by molar-refractivity contribution is 0.691. The molecule has 0 aliphatic carbocycles. The lowest BCUT2D eigenvalue weighted by Gasteiger charge is -1.95. The monoisotopic (exact) mass is 267 g/mol. The fourth-order valence-electron chi connectivity index (χ4n) is 1.25. The predicted molar refractivity (Wildman–Crippen MR) is 69.9 cm³/mol. The van der Waals surface area contributed by atoms with Gasteiger partial charge in [-0.2, -0.15) is 0 Å². The Morgan fingerprint density at radius 1 is 1.47 bits per heavy atom. The fourth-order valence-corrected chi connectivity index (χ4v) is 1.74. The molecule has 0 N–H and O–H groups in total. The van der Waals surface area contributed by atoms with Crippen LogP contribution in [0.15, 0.2) is 36.0 Å². The van der Waals surface area contributed by atoms with Gasteiger partial charge in [-0.25, -0.2) is 9.67 Å². The first-order valence-electron chi connectivity index (χ1n) is 4.83. The molecule has 1 atom stereocenters. The third-order valence-electron chi connectivity index (χ3n) is 2.00. The van der Waals surface area contributed by atoms with E-state index in [1.807, 2.05) is 12.1 Å². The van der Waals surface area contributed by atoms with E-state index in [1.54, 1.807) is 30.9 Å². The normalized spacial score (nSPS) is 13.1. The molecule has 0 aliphatic heterocycles. The van der Waals surface area contributed by atoms with Crippen LogP contribution in [0.1, 0.15) is 0 Å². The van der Waals surface area contributed by atoms with Gasteiger partial charge < -0.3 is 0 Å². The number of benzene rings is 1. The summed E-state index contributed by atoms with van der Waals surface area (Å²) in [6, 6.07) is 7.31. The third-order valence-corrected chi connectivity index (χ3v) is 2.74. The summed E-state index contributed by atoms with van der Waals surface area (Å²) in [4.78, 5) is 4.15. The molecule has 2 aromatic rings. The van der Waals surface area contributed by atoms with Crippen LogP contribution in [0.4, 0.5) is 0 Å². The number of nitrogens with zero attached hydrogens (tertiary/aromatic N) is 3. The quantitative estimate of drug-likeness (QED) is 0.858. The lowest BCUT2D eigenvalue weighted by Crippen LogP contribution is -1.88. The molecule has 1 unspecified atom stereocenters. The van der Waals surface area contributed by atoms with E-state index in [9.17, 15) is 4.21 Å². The van der Waals surface area contributed by atoms with E-state index in [-0.39, 0.29) is 0 Å². The van der Waals surface area contributed by atoms with Gasteiger partial charge in [0.05, 0.1) is 0 Å². The van der Waals surface area contributed by atoms with E-state index >= 15 is 0 Å². The Labute approximate surface area is 106 Å². The van der Waals surface area contributed by atoms with Gasteiger partial charge in [0.15, 0.2) is 5.82 Å². The molecule has 0 saturated carbocycles. The summed E-state index contributed by atoms with van der Waals surface area (Å²) in [5.41, 5.74) is 0.849. The summed E-state index contributed by atoms with van der Waals surface area (Å²) >= 11 is 5.89. The van der Waals surface area contributed by atoms with Crippen molar-refractivity contribution in [3.05, 3.63) is 41.0 Å². The van der Waals surface area contributed by atoms with Gasteiger partial charge in [-0.1, -0.05) is 23.7 Å². The number of hydrogen-bond acceptors (Lipinski definition) is 3. The summed E-state index contributed by atoms with van der Waals surface area (Å²) in [6.07, 6.45) is 4.75. The largest absolute Gasteiger partial charge is 0.255 e. The standard InChI is InChI=1S/C11H10ClN3OS/c1-17(16)6-5-15-8-13-11(14-15)9-3-2-4-10(12)7-9/h2-8H,1H3/b6-5+. The zero-order chi connectivity index (χ0) is 12.3. The van der Waals surface area contributed by atoms with Crippen molar-refractivity contribution in [2.75, 3.05) is 6.26 Å². The van der Waals surface area contributed by atoms with Crippen LogP contribution in [0.25, 0.3) is 17.6 Å². The molecule has 4 nitrogen and oxygen atoms in total. The SMILES string of the molecule is CS(=O)/C=C/n1cnc(-c2cccc(Cl)c2)n1. The molecule has 0 aliphatic rings. The number of rotatable bonds is 3. The second kappa shape index (κ2) is 5.25. The summed E-state index contributed by atoms with van der Waals surface area (Å²) in [5, 5.41) is 6.40. The summed E-state index contributed by atoms with van der Waals surface area (Å²) in [7, 11) is -0.995. The van der Waals surface area contributed by atoms with Crippen LogP contribution in [0.2, 0.25) is 5.02 Å². The summed E-state index contributed by atoms with van der Waals surface area (Å²) < 4.78 is 12.4. The minimum absolute atomic E-state index is 0.582. The Bertz CT molecular complexity index is 580. The zero-order valence-corrected chi connectivity index (χ0v) is 10.6. The van der Waals surface area contributed by atoms with Gasteiger partial charge in [0.25, 0.3) is 0 Å². The lowest BCUT2D eigenvalue weighted by atomic mass is 10.2. The molecular formula is C11H10ClN3OS. The van der Waals surface area contributed by atoms with Crippen LogP contribution < -0.4 is 0 Å². The van der Waals surface area contributed by atoms with E-state index in [1.165, 1.54) is 10.1 Å². The van der Waals surface area contributed by atoms with Crippen LogP contribution in [0.3, 0.4) is 0 Å². The van der Waals surface area contributed by atoms with E-state index in [2.05, 4.69) is 10.1 Å². The predicted octanol–water partition coefficient (Wildman–Crippen LogP) is 2.41. The highest BCUT2D eigenvalue weighted by atomic mass is 35.5. The van der Waals surface area contributed by atoms with Gasteiger partial charge in [0, 0.05) is 39.2 Å². The van der Waals surface area contributed by atoms with Crippen LogP contribution in [-0.2, 0) is 10.8 Å². The third kappa shape index (κ3) is 3.25. The molecule has 0 saturated heterocycles. The number of halogens is 1. The molecule has 1 heterocycles. The number of aromatic nitrogens is 3. The first kappa shape index (κ1) is 12.0. The molecular weight excluding hydrogens is 258 g/mol. The Kier molecular flexibility index (Phi) is 3.71. The van der Waals surface area contributed by atoms with E-state index < -0.39 is 10.8 Å². The van der Waals surface area contributed by atoms with Gasteiger partial charge in [-0.05, 0) is 12.1 Å². The van der Waals surface area contributed by atoms with Crippen molar-refractivity contribution in [2.24, 2.45) is 0 Å². The highest BCUT2D eigenvalue weighted by Gasteiger charge is 2.03. The Balaban J connectivity index is 2.27. The van der Waals surface area contributed by atoms with Crippen LogP contribution in [-0.4, -0.2) is 25.2 Å². The highest BCUT2D eigenvalue weighted by molar-refractivity contribution is 7.87. The van der Waals surface area contributed by atoms with E-state index in [0.29, 0.717) is 10.8 Å². The molecule has 6 heteroatoms. The van der Waals surface area contributed by atoms with Crippen molar-refractivity contribution in [3.8, 4) is 11.4 Å². The van der Waals surface area contributed by atoms with Gasteiger partial charge >= 0.3 is 0 Å². The van der Waals surface area contributed by atoms with Crippen molar-refractivity contribution in [3.63, 3.8) is 0 Å². The highest BCUT2D eigenvalue weighted by Crippen LogP contribution is 2.18. The van der Waals surface area contributed by atoms with Gasteiger partial charge in [0.1, 0.15) is 6.33 Å². The first-order chi connectivity index (χ1) is 8.15. The van der Waals surface area contributed by atoms with Crippen molar-refractivity contribution in [1.82, 2.24) is 14.8 Å². The second-order valence-corrected chi connectivity index (χ2v) is 5.05. The van der Waals surface area contributed by atoms with E-state index in [0.717, 1.165) is 5.56 Å². The smallest absolute Gasteiger partial charge is 0.181 e. The van der Waals surface area contributed by atoms with Gasteiger partial charge in [0.2, 0.25) is 0 Å². The second-order valence-electron chi connectivity index (χ2n) is 3.34. The summed E-state index contributed by atoms with van der Waals surface area (Å²) in [5.74, 6) is 0.582. The fraction of sp³-hybridized carbons (Fsp3) is 0.0909. The maximum Gasteiger partial charge on any atom is 0.181 e. The zero-order valence-electron chi connectivity index (χ0n) is 9.08. The average molecular weight is 268 g/mol. The maximum absolute atomic E-state index is 10.9. The van der Waals surface area contributed by atoms with Crippen molar-refractivity contribution < 1.29 is 4.21 Å². The average Bonchev–Trinajstić information content (AvgIpc) is 2.75. The summed E-state index contributed by atoms with van der Waals surface area (Å²) in [6.45, 7) is 0. The molecule has 17 heavy (non-hydrogen) atoms. The Hall–Kier alpha value is -1.46. The topological polar surface area (TPSA) is 47.8 Å². The molecule has 1 aromatic heterocycles. The van der Waals surface area contributed by atoms with Crippen molar-refractivity contribution in [2.45, 2.75) is 0 Å². The minimum atomic E-state index is -0.995. The Morgan fingerprint density at radius 2 is 2.29 bits per heavy atom. The van der Waals surface area contributed by atoms with Crippen LogP contribution in [0.5, 0.6) is 0 Å². The van der Waals surface area contributed by atoms with Crippen molar-refractivity contribution >= 4 is 28.6 Å². The Morgan fingerprint density at radius 3 is 3.00 bits per heavy atom. The molecule has 0 radical (unpaired) electrons. The molecule has 0 bridgehead atoms. The van der Waals surface area contributed by atoms with Gasteiger partial charge in [-0.3, -0.25) is 4.21 Å². The maximum atomic E-state index is 10.9. The molecule has 2 rings (SSSR count). The van der Waals surface area contributed by atoms with Crippen LogP contribution >= 0.6 is 11.6 Å². The van der Waals surface area contributed by atoms with Crippen LogP contribution in [0, 0.1) is 0 Å². The van der Waals surface area contributed by atoms with Crippen molar-refractivity contribution in [1.29, 1.82) is 0 Å². The molecule has 0 fully saturated rings. The minimum Gasteiger partial charge on any atom is -0.255 e. The molecule has 1 aromatic carbocycles. The van der Waals surface area contributed by atoms with Gasteiger partial charge in [-0.15, -0.1) is 5.10 Å². The molecule has 88 valence electrons. The molecule has 0 amide bonds.